The van der Waals surface area contributed by atoms with Gasteiger partial charge in [0.2, 0.25) is 17.7 Å². The highest BCUT2D eigenvalue weighted by Crippen LogP contribution is 2.55. The van der Waals surface area contributed by atoms with Crippen molar-refractivity contribution in [3.63, 3.8) is 0 Å². The minimum absolute atomic E-state index is 0.0209. The first-order valence-corrected chi connectivity index (χ1v) is 24.3. The molecule has 0 bridgehead atoms. The van der Waals surface area contributed by atoms with Crippen molar-refractivity contribution in [1.82, 2.24) is 36.0 Å². The topological polar surface area (TPSA) is 221 Å². The van der Waals surface area contributed by atoms with E-state index >= 15 is 0 Å². The molecular weight excluding hydrogens is 906 g/mol. The van der Waals surface area contributed by atoms with Crippen LogP contribution in [0.2, 0.25) is 5.02 Å². The van der Waals surface area contributed by atoms with Gasteiger partial charge in [0.15, 0.2) is 5.69 Å². The summed E-state index contributed by atoms with van der Waals surface area (Å²) in [5.41, 5.74) is 3.73. The molecule has 5 N–H and O–H groups in total. The maximum atomic E-state index is 14.1. The number of nitriles is 1. The normalized spacial score (nSPS) is 20.3. The number of aryl methyl sites for hydroxylation is 1. The van der Waals surface area contributed by atoms with E-state index in [9.17, 15) is 29.5 Å². The summed E-state index contributed by atoms with van der Waals surface area (Å²) in [6.07, 6.45) is 1.26. The van der Waals surface area contributed by atoms with Gasteiger partial charge < -0.3 is 40.7 Å². The average Bonchev–Trinajstić information content (AvgIpc) is 3.91. The van der Waals surface area contributed by atoms with E-state index in [0.717, 1.165) is 34.5 Å². The summed E-state index contributed by atoms with van der Waals surface area (Å²) < 4.78 is 12.0. The number of amides is 4. The lowest BCUT2D eigenvalue weighted by Gasteiger charge is -2.63. The van der Waals surface area contributed by atoms with Gasteiger partial charge in [-0.2, -0.15) is 5.26 Å². The van der Waals surface area contributed by atoms with Crippen LogP contribution in [0.5, 0.6) is 5.75 Å². The summed E-state index contributed by atoms with van der Waals surface area (Å²) in [5.74, 6) is -0.514. The second-order valence-corrected chi connectivity index (χ2v) is 21.3. The molecular formula is C50H64ClN9O7S. The van der Waals surface area contributed by atoms with Gasteiger partial charge in [0, 0.05) is 49.1 Å². The summed E-state index contributed by atoms with van der Waals surface area (Å²) >= 11 is 7.80. The van der Waals surface area contributed by atoms with E-state index in [-0.39, 0.29) is 55.3 Å². The van der Waals surface area contributed by atoms with Crippen molar-refractivity contribution in [3.8, 4) is 22.3 Å². The minimum Gasteiger partial charge on any atom is -0.489 e. The Kier molecular flexibility index (Phi) is 16.5. The van der Waals surface area contributed by atoms with Gasteiger partial charge in [-0.3, -0.25) is 19.2 Å². The molecule has 1 unspecified atom stereocenters. The van der Waals surface area contributed by atoms with Crippen molar-refractivity contribution in [2.24, 2.45) is 16.2 Å². The van der Waals surface area contributed by atoms with Crippen molar-refractivity contribution < 1.29 is 33.8 Å². The van der Waals surface area contributed by atoms with E-state index in [0.29, 0.717) is 41.7 Å². The fraction of sp³-hybridized carbons (Fsp3) is 0.520. The Hall–Kier alpha value is -5.67. The van der Waals surface area contributed by atoms with Crippen LogP contribution in [0.25, 0.3) is 10.4 Å². The third kappa shape index (κ3) is 12.1. The lowest BCUT2D eigenvalue weighted by Crippen LogP contribution is -2.74. The van der Waals surface area contributed by atoms with Crippen LogP contribution < -0.4 is 26.0 Å². The van der Waals surface area contributed by atoms with Gasteiger partial charge in [-0.25, -0.2) is 4.98 Å². The molecule has 2 aromatic carbocycles. The second kappa shape index (κ2) is 21.7. The minimum atomic E-state index is -0.963. The summed E-state index contributed by atoms with van der Waals surface area (Å²) in [6.45, 7) is 18.2. The zero-order chi connectivity index (χ0) is 49.6. The standard InChI is InChI=1S/C50H64ClN9O7S/c1-29(31-13-15-32(16-14-31)41-30(2)54-28-68-41)55-44(64)38-23-34(61)26-60(38)45(65)42(48(3,4)5)56-40(62)27-66-22-12-10-11-21-53-39-20-19-37(58-59-39)43(63)57-46-49(6,7)47(50(46,8)9)67-35-18-17-33(25-52)36(51)24-35/h13-20,24,28-29,34,38,42,46-47,61H,10-12,21-23,26-27H2,1-9H3,(H,53,59)(H,55,64)(H,56,62)(H,57,63)/t29-,34+,38-,42?,46?,47?/m0/s1. The molecule has 1 saturated heterocycles. The number of aromatic nitrogens is 3. The van der Waals surface area contributed by atoms with Crippen molar-refractivity contribution in [2.45, 2.75) is 124 Å². The van der Waals surface area contributed by atoms with Crippen LogP contribution in [0.15, 0.2) is 60.1 Å². The lowest BCUT2D eigenvalue weighted by atomic mass is 9.49. The number of rotatable bonds is 19. The van der Waals surface area contributed by atoms with E-state index in [1.54, 1.807) is 41.7 Å². The molecule has 0 radical (unpaired) electrons. The molecule has 18 heteroatoms. The number of likely N-dealkylation sites (tertiary alicyclic amines) is 1. The molecule has 0 spiro atoms. The molecule has 2 fully saturated rings. The third-order valence-corrected chi connectivity index (χ3v) is 14.2. The lowest BCUT2D eigenvalue weighted by molar-refractivity contribution is -0.164. The Morgan fingerprint density at radius 3 is 2.34 bits per heavy atom. The highest BCUT2D eigenvalue weighted by Gasteiger charge is 2.64. The number of β-amino-alcohol motifs (C(OH)–C–C–N with tert-alkyl or cyclic N) is 1. The number of benzene rings is 2. The van der Waals surface area contributed by atoms with Gasteiger partial charge >= 0.3 is 0 Å². The monoisotopic (exact) mass is 969 g/mol. The first kappa shape index (κ1) is 51.7. The molecule has 68 heavy (non-hydrogen) atoms. The summed E-state index contributed by atoms with van der Waals surface area (Å²) in [7, 11) is 0. The Morgan fingerprint density at radius 1 is 1.00 bits per heavy atom. The molecule has 6 rings (SSSR count). The largest absolute Gasteiger partial charge is 0.489 e. The summed E-state index contributed by atoms with van der Waals surface area (Å²) in [6, 6.07) is 15.9. The highest BCUT2D eigenvalue weighted by molar-refractivity contribution is 7.13. The van der Waals surface area contributed by atoms with Crippen LogP contribution in [-0.4, -0.2) is 105 Å². The Balaban J connectivity index is 0.887. The highest BCUT2D eigenvalue weighted by atomic mass is 35.5. The van der Waals surface area contributed by atoms with Crippen LogP contribution in [0.3, 0.4) is 0 Å². The third-order valence-electron chi connectivity index (χ3n) is 12.9. The fourth-order valence-electron chi connectivity index (χ4n) is 9.45. The van der Waals surface area contributed by atoms with Gasteiger partial charge in [-0.05, 0) is 73.9 Å². The second-order valence-electron chi connectivity index (χ2n) is 20.0. The molecule has 1 aliphatic heterocycles. The molecule has 2 aromatic heterocycles. The Bertz CT molecular complexity index is 2450. The smallest absolute Gasteiger partial charge is 0.272 e. The van der Waals surface area contributed by atoms with Crippen molar-refractivity contribution >= 4 is 52.4 Å². The number of ether oxygens (including phenoxy) is 2. The van der Waals surface area contributed by atoms with Gasteiger partial charge in [-0.1, -0.05) is 84.3 Å². The number of halogens is 1. The number of aliphatic hydroxyl groups excluding tert-OH is 1. The van der Waals surface area contributed by atoms with Crippen LogP contribution in [0, 0.1) is 34.5 Å². The predicted molar refractivity (Wildman–Crippen MR) is 261 cm³/mol. The number of carbonyl (C=O) groups excluding carboxylic acids is 4. The number of carbonyl (C=O) groups is 4. The van der Waals surface area contributed by atoms with Crippen LogP contribution >= 0.6 is 22.9 Å². The number of thiazole rings is 1. The molecule has 4 atom stereocenters. The Morgan fingerprint density at radius 2 is 1.72 bits per heavy atom. The number of unbranched alkanes of at least 4 members (excludes halogenated alkanes) is 2. The molecule has 4 amide bonds. The van der Waals surface area contributed by atoms with Gasteiger partial charge in [0.05, 0.1) is 38.8 Å². The number of nitrogens with one attached hydrogen (secondary N) is 4. The molecule has 364 valence electrons. The number of aliphatic hydroxyl groups is 1. The molecule has 4 aromatic rings. The van der Waals surface area contributed by atoms with E-state index in [2.05, 4.69) is 36.4 Å². The van der Waals surface area contributed by atoms with Gasteiger partial charge in [0.1, 0.15) is 42.4 Å². The van der Waals surface area contributed by atoms with Crippen LogP contribution in [0.4, 0.5) is 5.82 Å². The van der Waals surface area contributed by atoms with Crippen molar-refractivity contribution in [2.75, 3.05) is 31.6 Å². The SMILES string of the molecule is Cc1ncsc1-c1ccc([C@H](C)NC(=O)[C@@H]2C[C@@H](O)CN2C(=O)C(NC(=O)COCCCCCNc2ccc(C(=O)NC3C(C)(C)C(Oc4ccc(C#N)c(Cl)c4)C3(C)C)nn2)C(C)(C)C)cc1. The Labute approximate surface area is 407 Å². The molecule has 1 aliphatic carbocycles. The maximum Gasteiger partial charge on any atom is 0.272 e. The first-order chi connectivity index (χ1) is 32.1. The molecule has 1 saturated carbocycles. The number of hydrogen-bond acceptors (Lipinski definition) is 13. The number of nitrogens with zero attached hydrogens (tertiary/aromatic N) is 5. The maximum absolute atomic E-state index is 14.1. The first-order valence-electron chi connectivity index (χ1n) is 23.0. The predicted octanol–water partition coefficient (Wildman–Crippen LogP) is 7.01. The summed E-state index contributed by atoms with van der Waals surface area (Å²) in [5, 5.41) is 40.7. The van der Waals surface area contributed by atoms with Gasteiger partial charge in [-0.15, -0.1) is 21.5 Å². The quantitative estimate of drug-likeness (QED) is 0.0599. The van der Waals surface area contributed by atoms with E-state index in [1.807, 2.05) is 98.2 Å². The summed E-state index contributed by atoms with van der Waals surface area (Å²) in [4.78, 5) is 60.9. The van der Waals surface area contributed by atoms with E-state index < -0.39 is 46.2 Å². The van der Waals surface area contributed by atoms with Crippen molar-refractivity contribution in [3.05, 3.63) is 87.6 Å². The number of anilines is 1. The zero-order valence-electron chi connectivity index (χ0n) is 40.3. The van der Waals surface area contributed by atoms with Crippen molar-refractivity contribution in [1.29, 1.82) is 5.26 Å². The number of hydrogen-bond donors (Lipinski definition) is 5. The molecule has 16 nitrogen and oxygen atoms in total. The molecule has 2 aliphatic rings. The van der Waals surface area contributed by atoms with E-state index in [1.165, 1.54) is 4.90 Å². The zero-order valence-corrected chi connectivity index (χ0v) is 41.9. The van der Waals surface area contributed by atoms with Crippen LogP contribution in [-0.2, 0) is 19.1 Å². The molecule has 3 heterocycles. The van der Waals surface area contributed by atoms with E-state index in [4.69, 9.17) is 21.1 Å². The average molecular weight is 971 g/mol. The van der Waals surface area contributed by atoms with Crippen LogP contribution in [0.1, 0.15) is 114 Å². The van der Waals surface area contributed by atoms with Gasteiger partial charge in [0.25, 0.3) is 5.91 Å². The fourth-order valence-corrected chi connectivity index (χ4v) is 10.5.